The highest BCUT2D eigenvalue weighted by Gasteiger charge is 2.27. The van der Waals surface area contributed by atoms with Crippen LogP contribution in [0.25, 0.3) is 0 Å². The van der Waals surface area contributed by atoms with Crippen LogP contribution in [0.4, 0.5) is 5.69 Å². The van der Waals surface area contributed by atoms with Crippen LogP contribution in [-0.2, 0) is 10.2 Å². The summed E-state index contributed by atoms with van der Waals surface area (Å²) < 4.78 is 29.7. The molecule has 0 saturated carbocycles. The van der Waals surface area contributed by atoms with Gasteiger partial charge in [0, 0.05) is 17.6 Å². The number of halogens is 1. The molecular weight excluding hydrogens is 328 g/mol. The molecule has 19 heavy (non-hydrogen) atoms. The minimum absolute atomic E-state index is 0.422. The van der Waals surface area contributed by atoms with Crippen molar-refractivity contribution >= 4 is 31.8 Å². The zero-order valence-corrected chi connectivity index (χ0v) is 13.6. The third-order valence-electron chi connectivity index (χ3n) is 3.39. The first-order valence-corrected chi connectivity index (χ1v) is 8.66. The van der Waals surface area contributed by atoms with Crippen LogP contribution in [0.2, 0.25) is 0 Å². The molecule has 0 amide bonds. The van der Waals surface area contributed by atoms with Crippen molar-refractivity contribution in [3.63, 3.8) is 0 Å². The number of benzene rings is 1. The van der Waals surface area contributed by atoms with E-state index >= 15 is 0 Å². The Morgan fingerprint density at radius 1 is 1.42 bits per heavy atom. The Labute approximate surface area is 123 Å². The van der Waals surface area contributed by atoms with Crippen LogP contribution in [0.5, 0.6) is 0 Å². The van der Waals surface area contributed by atoms with E-state index in [-0.39, 0.29) is 0 Å². The first kappa shape index (κ1) is 14.8. The molecule has 1 atom stereocenters. The Morgan fingerprint density at radius 2 is 2.16 bits per heavy atom. The summed E-state index contributed by atoms with van der Waals surface area (Å²) in [5.41, 5.74) is 1.60. The zero-order chi connectivity index (χ0) is 14.0. The van der Waals surface area contributed by atoms with E-state index in [2.05, 4.69) is 27.6 Å². The lowest BCUT2D eigenvalue weighted by Gasteiger charge is -2.30. The topological polar surface area (TPSA) is 49.4 Å². The summed E-state index contributed by atoms with van der Waals surface area (Å²) in [6, 6.07) is 5.55. The molecule has 1 aliphatic heterocycles. The lowest BCUT2D eigenvalue weighted by molar-refractivity contribution is 0.282. The molecule has 1 aromatic carbocycles. The van der Waals surface area contributed by atoms with E-state index in [9.17, 15) is 8.42 Å². The Bertz CT molecular complexity index is 560. The normalized spacial score (nSPS) is 21.3. The number of nitrogens with zero attached hydrogens (tertiary/aromatic N) is 1. The van der Waals surface area contributed by atoms with Crippen LogP contribution in [0.3, 0.4) is 0 Å². The molecule has 4 nitrogen and oxygen atoms in total. The monoisotopic (exact) mass is 346 g/mol. The van der Waals surface area contributed by atoms with Gasteiger partial charge in [-0.05, 0) is 53.2 Å². The molecule has 1 saturated heterocycles. The molecule has 1 N–H and O–H groups in total. The fourth-order valence-corrected chi connectivity index (χ4v) is 4.19. The third kappa shape index (κ3) is 3.49. The second-order valence-corrected chi connectivity index (χ2v) is 7.61. The molecule has 0 aromatic heterocycles. The van der Waals surface area contributed by atoms with Crippen molar-refractivity contribution in [2.45, 2.75) is 26.7 Å². The number of aryl methyl sites for hydroxylation is 1. The number of hydrogen-bond donors (Lipinski definition) is 1. The van der Waals surface area contributed by atoms with E-state index in [1.807, 2.05) is 19.1 Å². The van der Waals surface area contributed by atoms with Crippen molar-refractivity contribution in [2.75, 3.05) is 17.8 Å². The SMILES string of the molecule is Cc1cccc(NS(=O)(=O)N2CCCC(C)C2)c1Br. The Morgan fingerprint density at radius 3 is 2.84 bits per heavy atom. The standard InChI is InChI=1S/C13H19BrN2O2S/c1-10-5-4-8-16(9-10)19(17,18)15-12-7-3-6-11(2)13(12)14/h3,6-7,10,15H,4-5,8-9H2,1-2H3. The van der Waals surface area contributed by atoms with Gasteiger partial charge in [0.2, 0.25) is 0 Å². The summed E-state index contributed by atoms with van der Waals surface area (Å²) in [5, 5.41) is 0. The molecule has 0 radical (unpaired) electrons. The van der Waals surface area contributed by atoms with E-state index < -0.39 is 10.2 Å². The van der Waals surface area contributed by atoms with Gasteiger partial charge in [-0.25, -0.2) is 0 Å². The molecular formula is C13H19BrN2O2S. The van der Waals surface area contributed by atoms with E-state index in [1.54, 1.807) is 6.07 Å². The summed E-state index contributed by atoms with van der Waals surface area (Å²) in [4.78, 5) is 0. The zero-order valence-electron chi connectivity index (χ0n) is 11.2. The molecule has 0 aliphatic carbocycles. The molecule has 1 aliphatic rings. The van der Waals surface area contributed by atoms with Crippen LogP contribution in [0, 0.1) is 12.8 Å². The van der Waals surface area contributed by atoms with Gasteiger partial charge in [0.25, 0.3) is 0 Å². The van der Waals surface area contributed by atoms with Gasteiger partial charge in [0.15, 0.2) is 0 Å². The number of rotatable bonds is 3. The lowest BCUT2D eigenvalue weighted by Crippen LogP contribution is -2.42. The van der Waals surface area contributed by atoms with Gasteiger partial charge in [0.1, 0.15) is 0 Å². The van der Waals surface area contributed by atoms with Crippen molar-refractivity contribution in [2.24, 2.45) is 5.92 Å². The van der Waals surface area contributed by atoms with Crippen molar-refractivity contribution in [3.8, 4) is 0 Å². The van der Waals surface area contributed by atoms with E-state index in [1.165, 1.54) is 4.31 Å². The number of anilines is 1. The minimum atomic E-state index is -3.46. The highest BCUT2D eigenvalue weighted by atomic mass is 79.9. The molecule has 1 fully saturated rings. The Kier molecular flexibility index (Phi) is 4.53. The molecule has 1 unspecified atom stereocenters. The van der Waals surface area contributed by atoms with Crippen LogP contribution in [0.1, 0.15) is 25.3 Å². The smallest absolute Gasteiger partial charge is 0.270 e. The van der Waals surface area contributed by atoms with Gasteiger partial charge in [-0.1, -0.05) is 19.1 Å². The highest BCUT2D eigenvalue weighted by molar-refractivity contribution is 9.10. The van der Waals surface area contributed by atoms with Crippen molar-refractivity contribution in [1.29, 1.82) is 0 Å². The average molecular weight is 347 g/mol. The van der Waals surface area contributed by atoms with Gasteiger partial charge in [-0.3, -0.25) is 4.72 Å². The van der Waals surface area contributed by atoms with Crippen molar-refractivity contribution < 1.29 is 8.42 Å². The quantitative estimate of drug-likeness (QED) is 0.913. The summed E-state index contributed by atoms with van der Waals surface area (Å²) in [6.45, 7) is 5.22. The van der Waals surface area contributed by atoms with Crippen molar-refractivity contribution in [1.82, 2.24) is 4.31 Å². The molecule has 6 heteroatoms. The average Bonchev–Trinajstić information content (AvgIpc) is 2.35. The number of nitrogens with one attached hydrogen (secondary N) is 1. The van der Waals surface area contributed by atoms with Gasteiger partial charge < -0.3 is 0 Å². The van der Waals surface area contributed by atoms with Crippen molar-refractivity contribution in [3.05, 3.63) is 28.2 Å². The van der Waals surface area contributed by atoms with E-state index in [4.69, 9.17) is 0 Å². The Balaban J connectivity index is 2.19. The van der Waals surface area contributed by atoms with Gasteiger partial charge >= 0.3 is 10.2 Å². The molecule has 0 spiro atoms. The highest BCUT2D eigenvalue weighted by Crippen LogP contribution is 2.28. The second kappa shape index (κ2) is 5.81. The van der Waals surface area contributed by atoms with E-state index in [0.29, 0.717) is 24.7 Å². The maximum atomic E-state index is 12.4. The predicted molar refractivity (Wildman–Crippen MR) is 81.4 cm³/mol. The number of piperidine rings is 1. The molecule has 1 aromatic rings. The summed E-state index contributed by atoms with van der Waals surface area (Å²) in [6.07, 6.45) is 2.03. The molecule has 106 valence electrons. The van der Waals surface area contributed by atoms with E-state index in [0.717, 1.165) is 22.9 Å². The fraction of sp³-hybridized carbons (Fsp3) is 0.538. The second-order valence-electron chi connectivity index (χ2n) is 5.15. The third-order valence-corrected chi connectivity index (χ3v) is 5.93. The summed E-state index contributed by atoms with van der Waals surface area (Å²) >= 11 is 3.42. The fourth-order valence-electron chi connectivity index (χ4n) is 2.29. The van der Waals surface area contributed by atoms with Crippen LogP contribution in [-0.4, -0.2) is 25.8 Å². The summed E-state index contributed by atoms with van der Waals surface area (Å²) in [5.74, 6) is 0.422. The first-order chi connectivity index (χ1) is 8.90. The largest absolute Gasteiger partial charge is 0.301 e. The predicted octanol–water partition coefficient (Wildman–Crippen LogP) is 3.15. The maximum absolute atomic E-state index is 12.4. The van der Waals surface area contributed by atoms with Gasteiger partial charge in [-0.15, -0.1) is 0 Å². The molecule has 0 bridgehead atoms. The van der Waals surface area contributed by atoms with Crippen LogP contribution < -0.4 is 4.72 Å². The lowest BCUT2D eigenvalue weighted by atomic mass is 10.0. The maximum Gasteiger partial charge on any atom is 0.301 e. The summed E-state index contributed by atoms with van der Waals surface area (Å²) in [7, 11) is -3.46. The Hall–Kier alpha value is -0.590. The van der Waals surface area contributed by atoms with Gasteiger partial charge in [0.05, 0.1) is 5.69 Å². The number of hydrogen-bond acceptors (Lipinski definition) is 2. The van der Waals surface area contributed by atoms with Gasteiger partial charge in [-0.2, -0.15) is 12.7 Å². The van der Waals surface area contributed by atoms with Crippen LogP contribution >= 0.6 is 15.9 Å². The van der Waals surface area contributed by atoms with Crippen LogP contribution in [0.15, 0.2) is 22.7 Å². The first-order valence-electron chi connectivity index (χ1n) is 6.43. The minimum Gasteiger partial charge on any atom is -0.270 e. The molecule has 2 rings (SSSR count). The molecule has 1 heterocycles.